The molecule has 1 amide bonds. The molecule has 0 atom stereocenters. The summed E-state index contributed by atoms with van der Waals surface area (Å²) < 4.78 is 13.4. The molecule has 0 bridgehead atoms. The molecule has 38 heavy (non-hydrogen) atoms. The van der Waals surface area contributed by atoms with E-state index in [1.807, 2.05) is 60.8 Å². The molecule has 198 valence electrons. The van der Waals surface area contributed by atoms with Gasteiger partial charge in [0, 0.05) is 44.4 Å². The monoisotopic (exact) mass is 514 g/mol. The molecule has 0 aliphatic carbocycles. The second kappa shape index (κ2) is 12.5. The van der Waals surface area contributed by atoms with Crippen LogP contribution in [0.4, 0.5) is 5.82 Å². The third-order valence-corrected chi connectivity index (χ3v) is 6.71. The summed E-state index contributed by atoms with van der Waals surface area (Å²) in [5, 5.41) is 3.86. The van der Waals surface area contributed by atoms with Crippen LogP contribution in [0.15, 0.2) is 67.1 Å². The standard InChI is InChI=1S/C29H34N6O3/c30-28-27-25(22-9-11-24(12-10-22)38-23-6-2-1-3-7-23)20-35(29(27)33-21-32-28)15-4-8-26(36)31-13-5-14-34-16-18-37-19-17-34/h1-3,6-7,9-12,20-21H,4-5,8,13-19H2,(H,31,36)(H2,30,32,33). The number of hydrogen-bond donors (Lipinski definition) is 2. The molecule has 5 rings (SSSR count). The Balaban J connectivity index is 1.18. The molecule has 9 heteroatoms. The summed E-state index contributed by atoms with van der Waals surface area (Å²) in [5.41, 5.74) is 8.99. The second-order valence-electron chi connectivity index (χ2n) is 9.39. The van der Waals surface area contributed by atoms with Crippen LogP contribution in [0.2, 0.25) is 0 Å². The van der Waals surface area contributed by atoms with Crippen LogP contribution < -0.4 is 15.8 Å². The molecule has 0 saturated carbocycles. The maximum absolute atomic E-state index is 12.4. The molecule has 9 nitrogen and oxygen atoms in total. The molecule has 3 N–H and O–H groups in total. The first-order chi connectivity index (χ1) is 18.7. The molecule has 0 unspecified atom stereocenters. The highest BCUT2D eigenvalue weighted by molar-refractivity contribution is 6.00. The van der Waals surface area contributed by atoms with Gasteiger partial charge in [0.2, 0.25) is 5.91 Å². The number of nitrogens with two attached hydrogens (primary N) is 1. The molecule has 4 aromatic rings. The van der Waals surface area contributed by atoms with Crippen LogP contribution in [-0.2, 0) is 16.1 Å². The quantitative estimate of drug-likeness (QED) is 0.290. The summed E-state index contributed by atoms with van der Waals surface area (Å²) in [4.78, 5) is 23.5. The fraction of sp³-hybridized carbons (Fsp3) is 0.345. The molecule has 3 heterocycles. The van der Waals surface area contributed by atoms with Gasteiger partial charge in [0.25, 0.3) is 0 Å². The van der Waals surface area contributed by atoms with Crippen molar-refractivity contribution in [1.82, 2.24) is 24.8 Å². The van der Waals surface area contributed by atoms with E-state index in [0.717, 1.165) is 72.9 Å². The Kier molecular flexibility index (Phi) is 8.47. The fourth-order valence-electron chi connectivity index (χ4n) is 4.72. The van der Waals surface area contributed by atoms with Gasteiger partial charge >= 0.3 is 0 Å². The first-order valence-electron chi connectivity index (χ1n) is 13.2. The van der Waals surface area contributed by atoms with Crippen LogP contribution in [0.5, 0.6) is 11.5 Å². The smallest absolute Gasteiger partial charge is 0.220 e. The van der Waals surface area contributed by atoms with E-state index < -0.39 is 0 Å². The van der Waals surface area contributed by atoms with Crippen molar-refractivity contribution >= 4 is 22.8 Å². The van der Waals surface area contributed by atoms with Gasteiger partial charge in [-0.3, -0.25) is 9.69 Å². The van der Waals surface area contributed by atoms with Crippen molar-refractivity contribution in [2.45, 2.75) is 25.8 Å². The van der Waals surface area contributed by atoms with E-state index >= 15 is 0 Å². The van der Waals surface area contributed by atoms with E-state index in [-0.39, 0.29) is 5.91 Å². The van der Waals surface area contributed by atoms with Crippen LogP contribution in [0, 0.1) is 0 Å². The number of fused-ring (bicyclic) bond motifs is 1. The van der Waals surface area contributed by atoms with E-state index in [9.17, 15) is 4.79 Å². The number of carbonyl (C=O) groups excluding carboxylic acids is 1. The maximum atomic E-state index is 12.4. The van der Waals surface area contributed by atoms with Gasteiger partial charge in [-0.2, -0.15) is 0 Å². The molecule has 1 saturated heterocycles. The van der Waals surface area contributed by atoms with Crippen molar-refractivity contribution in [3.8, 4) is 22.6 Å². The lowest BCUT2D eigenvalue weighted by Crippen LogP contribution is -2.38. The molecule has 0 spiro atoms. The second-order valence-corrected chi connectivity index (χ2v) is 9.39. The number of amides is 1. The number of nitrogens with one attached hydrogen (secondary N) is 1. The summed E-state index contributed by atoms with van der Waals surface area (Å²) in [5.74, 6) is 2.05. The highest BCUT2D eigenvalue weighted by Gasteiger charge is 2.16. The summed E-state index contributed by atoms with van der Waals surface area (Å²) in [6.45, 7) is 5.88. The van der Waals surface area contributed by atoms with Gasteiger partial charge in [0.1, 0.15) is 29.3 Å². The normalized spacial score (nSPS) is 14.0. The zero-order chi connectivity index (χ0) is 26.2. The van der Waals surface area contributed by atoms with E-state index in [0.29, 0.717) is 31.7 Å². The Morgan fingerprint density at radius 2 is 1.74 bits per heavy atom. The Bertz CT molecular complexity index is 1330. The average molecular weight is 515 g/mol. The Labute approximate surface area is 222 Å². The van der Waals surface area contributed by atoms with Crippen molar-refractivity contribution in [3.63, 3.8) is 0 Å². The van der Waals surface area contributed by atoms with Gasteiger partial charge in [0.15, 0.2) is 0 Å². The van der Waals surface area contributed by atoms with Crippen LogP contribution in [0.3, 0.4) is 0 Å². The number of ether oxygens (including phenoxy) is 2. The molecule has 2 aromatic heterocycles. The lowest BCUT2D eigenvalue weighted by atomic mass is 10.1. The van der Waals surface area contributed by atoms with E-state index in [1.54, 1.807) is 0 Å². The van der Waals surface area contributed by atoms with Crippen molar-refractivity contribution in [2.24, 2.45) is 0 Å². The number of benzene rings is 2. The highest BCUT2D eigenvalue weighted by Crippen LogP contribution is 2.34. The predicted octanol–water partition coefficient (Wildman–Crippen LogP) is 4.09. The highest BCUT2D eigenvalue weighted by atomic mass is 16.5. The lowest BCUT2D eigenvalue weighted by molar-refractivity contribution is -0.121. The Hall–Kier alpha value is -3.95. The average Bonchev–Trinajstić information content (AvgIpc) is 3.32. The number of aryl methyl sites for hydroxylation is 1. The van der Waals surface area contributed by atoms with Gasteiger partial charge in [-0.05, 0) is 49.2 Å². The number of hydrogen-bond acceptors (Lipinski definition) is 7. The first-order valence-corrected chi connectivity index (χ1v) is 13.2. The molecular formula is C29H34N6O3. The van der Waals surface area contributed by atoms with Crippen LogP contribution in [0.1, 0.15) is 19.3 Å². The topological polar surface area (TPSA) is 108 Å². The third-order valence-electron chi connectivity index (χ3n) is 6.71. The van der Waals surface area contributed by atoms with Crippen molar-refractivity contribution in [1.29, 1.82) is 0 Å². The maximum Gasteiger partial charge on any atom is 0.220 e. The van der Waals surface area contributed by atoms with Gasteiger partial charge in [-0.25, -0.2) is 9.97 Å². The minimum absolute atomic E-state index is 0.0757. The number of para-hydroxylation sites is 1. The fourth-order valence-corrected chi connectivity index (χ4v) is 4.72. The number of nitrogens with zero attached hydrogens (tertiary/aromatic N) is 4. The minimum atomic E-state index is 0.0757. The van der Waals surface area contributed by atoms with Crippen molar-refractivity contribution in [3.05, 3.63) is 67.1 Å². The minimum Gasteiger partial charge on any atom is -0.457 e. The molecule has 1 aliphatic heterocycles. The predicted molar refractivity (Wildman–Crippen MR) is 148 cm³/mol. The van der Waals surface area contributed by atoms with E-state index in [2.05, 4.69) is 24.8 Å². The van der Waals surface area contributed by atoms with Gasteiger partial charge < -0.3 is 25.1 Å². The van der Waals surface area contributed by atoms with Crippen LogP contribution >= 0.6 is 0 Å². The molecule has 1 aliphatic rings. The SMILES string of the molecule is Nc1ncnc2c1c(-c1ccc(Oc3ccccc3)cc1)cn2CCCC(=O)NCCCN1CCOCC1. The molecule has 0 radical (unpaired) electrons. The molecule has 2 aromatic carbocycles. The number of anilines is 1. The molecular weight excluding hydrogens is 480 g/mol. The first kappa shape index (κ1) is 25.7. The van der Waals surface area contributed by atoms with Gasteiger partial charge in [0.05, 0.1) is 18.6 Å². The summed E-state index contributed by atoms with van der Waals surface area (Å²) in [6.07, 6.45) is 5.63. The number of morpholine rings is 1. The van der Waals surface area contributed by atoms with Crippen LogP contribution in [0.25, 0.3) is 22.2 Å². The van der Waals surface area contributed by atoms with Crippen molar-refractivity contribution in [2.75, 3.05) is 45.1 Å². The van der Waals surface area contributed by atoms with Gasteiger partial charge in [-0.1, -0.05) is 30.3 Å². The van der Waals surface area contributed by atoms with Crippen molar-refractivity contribution < 1.29 is 14.3 Å². The van der Waals surface area contributed by atoms with E-state index in [1.165, 1.54) is 6.33 Å². The number of aromatic nitrogens is 3. The summed E-state index contributed by atoms with van der Waals surface area (Å²) in [7, 11) is 0. The summed E-state index contributed by atoms with van der Waals surface area (Å²) >= 11 is 0. The summed E-state index contributed by atoms with van der Waals surface area (Å²) in [6, 6.07) is 17.6. The van der Waals surface area contributed by atoms with Gasteiger partial charge in [-0.15, -0.1) is 0 Å². The lowest BCUT2D eigenvalue weighted by Gasteiger charge is -2.26. The zero-order valence-corrected chi connectivity index (χ0v) is 21.5. The molecule has 1 fully saturated rings. The zero-order valence-electron chi connectivity index (χ0n) is 21.5. The number of rotatable bonds is 11. The number of carbonyl (C=O) groups is 1. The largest absolute Gasteiger partial charge is 0.457 e. The Morgan fingerprint density at radius 3 is 2.53 bits per heavy atom. The Morgan fingerprint density at radius 1 is 0.974 bits per heavy atom. The number of nitrogen functional groups attached to an aromatic ring is 1. The third kappa shape index (κ3) is 6.48. The van der Waals surface area contributed by atoms with Crippen LogP contribution in [-0.4, -0.2) is 64.7 Å². The van der Waals surface area contributed by atoms with E-state index in [4.69, 9.17) is 15.2 Å².